The molecule has 0 radical (unpaired) electrons. The highest BCUT2D eigenvalue weighted by atomic mass is 32.2. The Morgan fingerprint density at radius 2 is 1.54 bits per heavy atom. The largest absolute Gasteiger partial charge is 0.340 e. The number of aromatic nitrogens is 1. The van der Waals surface area contributed by atoms with Crippen LogP contribution in [0.2, 0.25) is 0 Å². The molecule has 1 saturated heterocycles. The smallest absolute Gasteiger partial charge is 0.264 e. The van der Waals surface area contributed by atoms with E-state index in [-0.39, 0.29) is 23.8 Å². The van der Waals surface area contributed by atoms with E-state index >= 15 is 0 Å². The molecule has 0 unspecified atom stereocenters. The predicted molar refractivity (Wildman–Crippen MR) is 138 cm³/mol. The molecular weight excluding hydrogens is 460 g/mol. The topological polar surface area (TPSA) is 73.8 Å². The van der Waals surface area contributed by atoms with Crippen LogP contribution in [0.25, 0.3) is 0 Å². The Labute approximate surface area is 208 Å². The third-order valence-corrected chi connectivity index (χ3v) is 8.16. The lowest BCUT2D eigenvalue weighted by atomic mass is 10.2. The molecule has 1 fully saturated rings. The molecule has 3 aromatic rings. The van der Waals surface area contributed by atoms with Gasteiger partial charge in [0.05, 0.1) is 10.6 Å². The molecule has 2 aromatic carbocycles. The number of anilines is 1. The molecule has 7 nitrogen and oxygen atoms in total. The van der Waals surface area contributed by atoms with Crippen molar-refractivity contribution in [2.24, 2.45) is 0 Å². The number of amides is 1. The van der Waals surface area contributed by atoms with Gasteiger partial charge in [0.2, 0.25) is 5.91 Å². The molecule has 2 heterocycles. The van der Waals surface area contributed by atoms with Gasteiger partial charge in [0.25, 0.3) is 10.0 Å². The summed E-state index contributed by atoms with van der Waals surface area (Å²) >= 11 is 0. The highest BCUT2D eigenvalue weighted by Gasteiger charge is 2.27. The maximum absolute atomic E-state index is 13.5. The summed E-state index contributed by atoms with van der Waals surface area (Å²) in [6.07, 6.45) is 3.76. The van der Waals surface area contributed by atoms with E-state index in [9.17, 15) is 13.2 Å². The van der Waals surface area contributed by atoms with Crippen molar-refractivity contribution >= 4 is 21.6 Å². The molecule has 1 aliphatic rings. The van der Waals surface area contributed by atoms with Crippen molar-refractivity contribution in [1.29, 1.82) is 0 Å². The highest BCUT2D eigenvalue weighted by Crippen LogP contribution is 2.25. The number of piperazine rings is 1. The highest BCUT2D eigenvalue weighted by molar-refractivity contribution is 7.92. The Morgan fingerprint density at radius 1 is 0.914 bits per heavy atom. The van der Waals surface area contributed by atoms with Gasteiger partial charge in [-0.2, -0.15) is 0 Å². The normalized spacial score (nSPS) is 14.6. The van der Waals surface area contributed by atoms with Crippen molar-refractivity contribution in [3.8, 4) is 0 Å². The summed E-state index contributed by atoms with van der Waals surface area (Å²) in [5, 5.41) is 0. The van der Waals surface area contributed by atoms with Crippen LogP contribution in [-0.4, -0.2) is 61.8 Å². The van der Waals surface area contributed by atoms with Crippen molar-refractivity contribution in [1.82, 2.24) is 14.8 Å². The zero-order valence-corrected chi connectivity index (χ0v) is 21.1. The van der Waals surface area contributed by atoms with E-state index in [4.69, 9.17) is 0 Å². The van der Waals surface area contributed by atoms with Crippen molar-refractivity contribution in [2.45, 2.75) is 31.7 Å². The van der Waals surface area contributed by atoms with E-state index in [0.717, 1.165) is 36.3 Å². The molecule has 1 aliphatic heterocycles. The summed E-state index contributed by atoms with van der Waals surface area (Å²) in [5.41, 5.74) is 3.75. The van der Waals surface area contributed by atoms with Crippen molar-refractivity contribution < 1.29 is 13.2 Å². The first-order valence-electron chi connectivity index (χ1n) is 11.9. The number of carbonyl (C=O) groups is 1. The molecule has 1 amide bonds. The fraction of sp³-hybridized carbons (Fsp3) is 0.333. The number of benzene rings is 2. The third-order valence-electron chi connectivity index (χ3n) is 6.31. The molecule has 0 spiro atoms. The molecule has 0 bridgehead atoms. The fourth-order valence-corrected chi connectivity index (χ4v) is 5.66. The number of sulfonamides is 1. The van der Waals surface area contributed by atoms with E-state index in [1.165, 1.54) is 4.31 Å². The van der Waals surface area contributed by atoms with Crippen LogP contribution in [0.4, 0.5) is 5.69 Å². The molecule has 184 valence electrons. The fourth-order valence-electron chi connectivity index (χ4n) is 4.20. The van der Waals surface area contributed by atoms with Crippen LogP contribution in [0.1, 0.15) is 23.1 Å². The number of rotatable bonds is 8. The second-order valence-corrected chi connectivity index (χ2v) is 10.9. The number of aryl methyl sites for hydroxylation is 2. The van der Waals surface area contributed by atoms with Crippen molar-refractivity contribution in [3.05, 3.63) is 89.7 Å². The SMILES string of the molecule is Cc1ccc(N(CCC(=O)N2CCN(Cc3cccnc3)CC2)S(=O)(=O)c2ccc(C)cc2)cc1. The Balaban J connectivity index is 1.42. The van der Waals surface area contributed by atoms with Crippen LogP contribution in [0, 0.1) is 13.8 Å². The van der Waals surface area contributed by atoms with Gasteiger partial charge in [-0.15, -0.1) is 0 Å². The standard InChI is InChI=1S/C27H32N4O3S/c1-22-5-9-25(10-6-22)31(35(33,34)26-11-7-23(2)8-12-26)15-13-27(32)30-18-16-29(17-19-30)21-24-4-3-14-28-20-24/h3-12,14,20H,13,15-19,21H2,1-2H3. The van der Waals surface area contributed by atoms with Crippen LogP contribution in [0.5, 0.6) is 0 Å². The van der Waals surface area contributed by atoms with Gasteiger partial charge in [0.1, 0.15) is 0 Å². The minimum Gasteiger partial charge on any atom is -0.340 e. The summed E-state index contributed by atoms with van der Waals surface area (Å²) in [6, 6.07) is 18.2. The lowest BCUT2D eigenvalue weighted by Gasteiger charge is -2.35. The van der Waals surface area contributed by atoms with Gasteiger partial charge < -0.3 is 4.90 Å². The van der Waals surface area contributed by atoms with Gasteiger partial charge in [-0.25, -0.2) is 8.42 Å². The monoisotopic (exact) mass is 492 g/mol. The maximum atomic E-state index is 13.5. The summed E-state index contributed by atoms with van der Waals surface area (Å²) in [6.45, 7) is 7.61. The van der Waals surface area contributed by atoms with Crippen LogP contribution in [0.3, 0.4) is 0 Å². The molecule has 1 aromatic heterocycles. The Hall–Kier alpha value is -3.23. The quantitative estimate of drug-likeness (QED) is 0.480. The first kappa shape index (κ1) is 24.9. The van der Waals surface area contributed by atoms with Crippen molar-refractivity contribution in [2.75, 3.05) is 37.0 Å². The zero-order valence-electron chi connectivity index (χ0n) is 20.3. The first-order valence-corrected chi connectivity index (χ1v) is 13.3. The second-order valence-electron chi connectivity index (χ2n) is 8.99. The van der Waals surface area contributed by atoms with Crippen LogP contribution >= 0.6 is 0 Å². The minimum absolute atomic E-state index is 0.0257. The average molecular weight is 493 g/mol. The molecule has 0 N–H and O–H groups in total. The molecule has 0 aliphatic carbocycles. The molecule has 0 saturated carbocycles. The minimum atomic E-state index is -3.81. The third kappa shape index (κ3) is 6.26. The van der Waals surface area contributed by atoms with Gasteiger partial charge in [-0.05, 0) is 49.7 Å². The lowest BCUT2D eigenvalue weighted by Crippen LogP contribution is -2.49. The summed E-state index contributed by atoms with van der Waals surface area (Å²) in [4.78, 5) is 21.6. The molecule has 8 heteroatoms. The van der Waals surface area contributed by atoms with Gasteiger partial charge >= 0.3 is 0 Å². The van der Waals surface area contributed by atoms with Gasteiger partial charge in [0.15, 0.2) is 0 Å². The number of carbonyl (C=O) groups excluding carboxylic acids is 1. The van der Waals surface area contributed by atoms with E-state index in [1.807, 2.05) is 43.1 Å². The Morgan fingerprint density at radius 3 is 2.14 bits per heavy atom. The molecule has 4 rings (SSSR count). The lowest BCUT2D eigenvalue weighted by molar-refractivity contribution is -0.132. The van der Waals surface area contributed by atoms with E-state index in [0.29, 0.717) is 18.8 Å². The zero-order chi connectivity index (χ0) is 24.8. The molecule has 35 heavy (non-hydrogen) atoms. The van der Waals surface area contributed by atoms with Crippen LogP contribution in [0.15, 0.2) is 78.0 Å². The average Bonchev–Trinajstić information content (AvgIpc) is 2.86. The Bertz CT molecular complexity index is 1220. The van der Waals surface area contributed by atoms with Gasteiger partial charge in [0, 0.05) is 58.1 Å². The van der Waals surface area contributed by atoms with Gasteiger partial charge in [-0.1, -0.05) is 41.5 Å². The van der Waals surface area contributed by atoms with Crippen LogP contribution in [-0.2, 0) is 21.4 Å². The number of pyridine rings is 1. The van der Waals surface area contributed by atoms with E-state index < -0.39 is 10.0 Å². The maximum Gasteiger partial charge on any atom is 0.264 e. The van der Waals surface area contributed by atoms with E-state index in [1.54, 1.807) is 42.6 Å². The number of hydrogen-bond donors (Lipinski definition) is 0. The summed E-state index contributed by atoms with van der Waals surface area (Å²) in [5.74, 6) is -0.0257. The Kier molecular flexibility index (Phi) is 7.83. The van der Waals surface area contributed by atoms with Crippen LogP contribution < -0.4 is 4.31 Å². The predicted octanol–water partition coefficient (Wildman–Crippen LogP) is 3.63. The first-order chi connectivity index (χ1) is 16.8. The molecular formula is C27H32N4O3S. The van der Waals surface area contributed by atoms with Crippen molar-refractivity contribution in [3.63, 3.8) is 0 Å². The summed E-state index contributed by atoms with van der Waals surface area (Å²) < 4.78 is 28.4. The second kappa shape index (κ2) is 11.0. The van der Waals surface area contributed by atoms with Gasteiger partial charge in [-0.3, -0.25) is 19.0 Å². The number of nitrogens with zero attached hydrogens (tertiary/aromatic N) is 4. The van der Waals surface area contributed by atoms with E-state index in [2.05, 4.69) is 16.0 Å². The molecule has 0 atom stereocenters. The summed E-state index contributed by atoms with van der Waals surface area (Å²) in [7, 11) is -3.81. The number of hydrogen-bond acceptors (Lipinski definition) is 5.